The van der Waals surface area contributed by atoms with Gasteiger partial charge >= 0.3 is 5.97 Å². The number of aromatic nitrogens is 1. The summed E-state index contributed by atoms with van der Waals surface area (Å²) in [6.45, 7) is -0.0382. The van der Waals surface area contributed by atoms with E-state index in [1.54, 1.807) is 16.7 Å². The average Bonchev–Trinajstić information content (AvgIpc) is 3.29. The topological polar surface area (TPSA) is 109 Å². The van der Waals surface area contributed by atoms with Crippen molar-refractivity contribution in [3.63, 3.8) is 0 Å². The fourth-order valence-electron chi connectivity index (χ4n) is 2.13. The zero-order valence-corrected chi connectivity index (χ0v) is 16.0. The molecule has 1 aromatic carbocycles. The van der Waals surface area contributed by atoms with E-state index >= 15 is 0 Å². The van der Waals surface area contributed by atoms with E-state index in [-0.39, 0.29) is 22.8 Å². The molecule has 2 N–H and O–H groups in total. The predicted octanol–water partition coefficient (Wildman–Crippen LogP) is 2.88. The minimum absolute atomic E-state index is 0.0206. The molecule has 0 fully saturated rings. The Bertz CT molecular complexity index is 1030. The van der Waals surface area contributed by atoms with Crippen LogP contribution in [0.25, 0.3) is 9.88 Å². The number of esters is 1. The zero-order valence-electron chi connectivity index (χ0n) is 13.5. The second kappa shape index (κ2) is 7.54. The summed E-state index contributed by atoms with van der Waals surface area (Å²) in [6.07, 6.45) is 0. The molecule has 0 spiro atoms. The molecule has 0 aliphatic heterocycles. The van der Waals surface area contributed by atoms with Crippen LogP contribution in [0.1, 0.15) is 16.1 Å². The number of primary sulfonamides is 1. The molecule has 2 aromatic heterocycles. The lowest BCUT2D eigenvalue weighted by Gasteiger charge is -2.09. The zero-order chi connectivity index (χ0) is 18.7. The maximum absolute atomic E-state index is 12.4. The highest BCUT2D eigenvalue weighted by atomic mass is 32.2. The number of nitrogens with two attached hydrogens (primary N) is 1. The summed E-state index contributed by atoms with van der Waals surface area (Å²) < 4.78 is 33.3. The second-order valence-electron chi connectivity index (χ2n) is 5.10. The fraction of sp³-hybridized carbons (Fsp3) is 0.125. The molecule has 2 heterocycles. The van der Waals surface area contributed by atoms with Gasteiger partial charge in [0.15, 0.2) is 0 Å². The Labute approximate surface area is 158 Å². The van der Waals surface area contributed by atoms with Gasteiger partial charge in [0.2, 0.25) is 10.0 Å². The van der Waals surface area contributed by atoms with Gasteiger partial charge in [-0.15, -0.1) is 22.7 Å². The van der Waals surface area contributed by atoms with Crippen LogP contribution in [-0.2, 0) is 21.4 Å². The number of carbonyl (C=O) groups excluding carboxylic acids is 1. The number of hydrogen-bond acceptors (Lipinski definition) is 8. The third kappa shape index (κ3) is 4.10. The largest absolute Gasteiger partial charge is 0.496 e. The van der Waals surface area contributed by atoms with Crippen LogP contribution in [0.5, 0.6) is 5.75 Å². The SMILES string of the molecule is COc1ccc(S(N)(=O)=O)cc1C(=O)OCc1csc(-c2cccs2)n1. The smallest absolute Gasteiger partial charge is 0.342 e. The number of thiophene rings is 1. The van der Waals surface area contributed by atoms with E-state index in [2.05, 4.69) is 4.98 Å². The minimum Gasteiger partial charge on any atom is -0.496 e. The first-order valence-corrected chi connectivity index (χ1v) is 10.6. The molecule has 26 heavy (non-hydrogen) atoms. The summed E-state index contributed by atoms with van der Waals surface area (Å²) in [5.74, 6) is -0.530. The van der Waals surface area contributed by atoms with E-state index in [1.165, 1.54) is 30.6 Å². The number of hydrogen-bond donors (Lipinski definition) is 1. The lowest BCUT2D eigenvalue weighted by molar-refractivity contribution is 0.0464. The standard InChI is InChI=1S/C16H14N2O5S3/c1-22-13-5-4-11(26(17,20)21)7-12(13)16(19)23-8-10-9-25-15(18-10)14-3-2-6-24-14/h2-7,9H,8H2,1H3,(H2,17,20,21). The molecule has 0 atom stereocenters. The number of carbonyl (C=O) groups is 1. The Kier molecular flexibility index (Phi) is 5.37. The highest BCUT2D eigenvalue weighted by Crippen LogP contribution is 2.28. The molecule has 10 heteroatoms. The molecule has 0 aliphatic carbocycles. The number of rotatable bonds is 6. The maximum atomic E-state index is 12.4. The molecule has 0 saturated heterocycles. The van der Waals surface area contributed by atoms with Gasteiger partial charge in [0.25, 0.3) is 0 Å². The molecule has 0 radical (unpaired) electrons. The molecule has 3 rings (SSSR count). The number of ether oxygens (including phenoxy) is 2. The first-order valence-electron chi connectivity index (χ1n) is 7.24. The molecule has 136 valence electrons. The maximum Gasteiger partial charge on any atom is 0.342 e. The van der Waals surface area contributed by atoms with Gasteiger partial charge in [-0.2, -0.15) is 0 Å². The Hall–Kier alpha value is -2.27. The van der Waals surface area contributed by atoms with E-state index in [0.717, 1.165) is 16.0 Å². The minimum atomic E-state index is -3.95. The van der Waals surface area contributed by atoms with Crippen molar-refractivity contribution in [2.45, 2.75) is 11.5 Å². The van der Waals surface area contributed by atoms with Crippen LogP contribution in [0.15, 0.2) is 46.0 Å². The monoisotopic (exact) mass is 410 g/mol. The quantitative estimate of drug-likeness (QED) is 0.626. The number of sulfonamides is 1. The molecule has 0 aliphatic rings. The third-order valence-corrected chi connectivity index (χ3v) is 6.20. The van der Waals surface area contributed by atoms with Gasteiger partial charge in [0.1, 0.15) is 22.9 Å². The number of benzene rings is 1. The van der Waals surface area contributed by atoms with Gasteiger partial charge in [-0.05, 0) is 29.6 Å². The summed E-state index contributed by atoms with van der Waals surface area (Å²) in [4.78, 5) is 17.6. The number of methoxy groups -OCH3 is 1. The first-order chi connectivity index (χ1) is 12.4. The molecular weight excluding hydrogens is 396 g/mol. The van der Waals surface area contributed by atoms with Crippen LogP contribution in [0, 0.1) is 0 Å². The predicted molar refractivity (Wildman–Crippen MR) is 98.9 cm³/mol. The van der Waals surface area contributed by atoms with Gasteiger partial charge in [-0.25, -0.2) is 23.3 Å². The highest BCUT2D eigenvalue weighted by Gasteiger charge is 2.19. The van der Waals surface area contributed by atoms with Gasteiger partial charge in [-0.3, -0.25) is 0 Å². The molecule has 0 saturated carbocycles. The van der Waals surface area contributed by atoms with Crippen molar-refractivity contribution in [2.75, 3.05) is 7.11 Å². The number of thiazole rings is 1. The van der Waals surface area contributed by atoms with Gasteiger partial charge in [-0.1, -0.05) is 6.07 Å². The van der Waals surface area contributed by atoms with Gasteiger partial charge in [0.05, 0.1) is 22.6 Å². The van der Waals surface area contributed by atoms with Crippen LogP contribution in [0.2, 0.25) is 0 Å². The summed E-state index contributed by atoms with van der Waals surface area (Å²) in [5, 5.41) is 9.72. The van der Waals surface area contributed by atoms with Crippen molar-refractivity contribution in [3.8, 4) is 15.6 Å². The Morgan fingerprint density at radius 1 is 1.27 bits per heavy atom. The number of nitrogens with zero attached hydrogens (tertiary/aromatic N) is 1. The summed E-state index contributed by atoms with van der Waals surface area (Å²) in [7, 11) is -2.57. The van der Waals surface area contributed by atoms with E-state index in [1.807, 2.05) is 17.5 Å². The summed E-state index contributed by atoms with van der Waals surface area (Å²) >= 11 is 3.03. The van der Waals surface area contributed by atoms with Crippen molar-refractivity contribution in [2.24, 2.45) is 5.14 Å². The summed E-state index contributed by atoms with van der Waals surface area (Å²) in [6, 6.07) is 7.65. The normalized spacial score (nSPS) is 11.3. The fourth-order valence-corrected chi connectivity index (χ4v) is 4.29. The van der Waals surface area contributed by atoms with Crippen molar-refractivity contribution < 1.29 is 22.7 Å². The van der Waals surface area contributed by atoms with E-state index in [4.69, 9.17) is 14.6 Å². The molecule has 3 aromatic rings. The molecule has 7 nitrogen and oxygen atoms in total. The van der Waals surface area contributed by atoms with Crippen molar-refractivity contribution in [1.29, 1.82) is 0 Å². The van der Waals surface area contributed by atoms with Crippen LogP contribution in [0.3, 0.4) is 0 Å². The average molecular weight is 410 g/mol. The lowest BCUT2D eigenvalue weighted by Crippen LogP contribution is -2.14. The Morgan fingerprint density at radius 2 is 2.08 bits per heavy atom. The Balaban J connectivity index is 1.76. The van der Waals surface area contributed by atoms with Crippen LogP contribution >= 0.6 is 22.7 Å². The highest BCUT2D eigenvalue weighted by molar-refractivity contribution is 7.89. The molecule has 0 amide bonds. The molecule has 0 unspecified atom stereocenters. The van der Waals surface area contributed by atoms with Crippen molar-refractivity contribution in [3.05, 3.63) is 52.3 Å². The van der Waals surface area contributed by atoms with E-state index < -0.39 is 16.0 Å². The second-order valence-corrected chi connectivity index (χ2v) is 8.47. The van der Waals surface area contributed by atoms with E-state index in [9.17, 15) is 13.2 Å². The summed E-state index contributed by atoms with van der Waals surface area (Å²) in [5.41, 5.74) is 0.584. The van der Waals surface area contributed by atoms with Gasteiger partial charge in [0, 0.05) is 5.38 Å². The molecule has 0 bridgehead atoms. The van der Waals surface area contributed by atoms with Crippen molar-refractivity contribution in [1.82, 2.24) is 4.98 Å². The van der Waals surface area contributed by atoms with E-state index in [0.29, 0.717) is 5.69 Å². The van der Waals surface area contributed by atoms with Crippen LogP contribution in [0.4, 0.5) is 0 Å². The first kappa shape index (κ1) is 18.5. The van der Waals surface area contributed by atoms with Crippen LogP contribution < -0.4 is 9.88 Å². The lowest BCUT2D eigenvalue weighted by atomic mass is 10.2. The molecular formula is C16H14N2O5S3. The van der Waals surface area contributed by atoms with Crippen molar-refractivity contribution >= 4 is 38.7 Å². The van der Waals surface area contributed by atoms with Gasteiger partial charge < -0.3 is 9.47 Å². The van der Waals surface area contributed by atoms with Crippen LogP contribution in [-0.4, -0.2) is 26.5 Å². The third-order valence-electron chi connectivity index (χ3n) is 3.35. The Morgan fingerprint density at radius 3 is 2.73 bits per heavy atom.